The Bertz CT molecular complexity index is 1440. The Labute approximate surface area is 232 Å². The van der Waals surface area contributed by atoms with E-state index < -0.39 is 24.5 Å². The molecule has 2 N–H and O–H groups in total. The van der Waals surface area contributed by atoms with E-state index in [9.17, 15) is 22.8 Å². The van der Waals surface area contributed by atoms with Crippen LogP contribution in [0.4, 0.5) is 13.2 Å². The predicted octanol–water partition coefficient (Wildman–Crippen LogP) is 4.93. The maximum absolute atomic E-state index is 13.1. The summed E-state index contributed by atoms with van der Waals surface area (Å²) in [5, 5.41) is 12.9. The van der Waals surface area contributed by atoms with Crippen molar-refractivity contribution in [3.05, 3.63) is 107 Å². The number of nitrogens with zero attached hydrogens (tertiary/aromatic N) is 3. The lowest BCUT2D eigenvalue weighted by Gasteiger charge is -2.11. The van der Waals surface area contributed by atoms with E-state index in [1.807, 2.05) is 66.2 Å². The number of rotatable bonds is 11. The molecule has 0 saturated heterocycles. The molecule has 4 aromatic rings. The Hall–Kier alpha value is -4.16. The second-order valence-corrected chi connectivity index (χ2v) is 9.53. The standard InChI is InChI=1S/C28H26F3N5O3S/c1-40-23-9-5-8-20(14-23)15-32-27(38)25-24(17-39-16-19-6-3-2-4-7-19)36(35-34-25)22-12-10-21(11-13-22)26(37)33-18-28(29,30)31/h2-14H,15-18H2,1H3,(H,32,38)(H,33,37). The third-order valence-electron chi connectivity index (χ3n) is 5.74. The third-order valence-corrected chi connectivity index (χ3v) is 6.46. The summed E-state index contributed by atoms with van der Waals surface area (Å²) in [5.74, 6) is -1.30. The van der Waals surface area contributed by atoms with Crippen molar-refractivity contribution in [1.29, 1.82) is 0 Å². The van der Waals surface area contributed by atoms with Gasteiger partial charge in [-0.15, -0.1) is 16.9 Å². The van der Waals surface area contributed by atoms with E-state index in [1.54, 1.807) is 11.8 Å². The number of carbonyl (C=O) groups excluding carboxylic acids is 2. The monoisotopic (exact) mass is 569 g/mol. The second-order valence-electron chi connectivity index (χ2n) is 8.65. The minimum absolute atomic E-state index is 0.000424. The van der Waals surface area contributed by atoms with Crippen LogP contribution in [0.25, 0.3) is 5.69 Å². The lowest BCUT2D eigenvalue weighted by Crippen LogP contribution is -2.33. The SMILES string of the molecule is CSc1cccc(CNC(=O)c2nnn(-c3ccc(C(=O)NCC(F)(F)F)cc3)c2COCc2ccccc2)c1. The van der Waals surface area contributed by atoms with E-state index in [1.165, 1.54) is 28.9 Å². The van der Waals surface area contributed by atoms with Crippen molar-refractivity contribution >= 4 is 23.6 Å². The van der Waals surface area contributed by atoms with Gasteiger partial charge in [0.05, 0.1) is 18.9 Å². The summed E-state index contributed by atoms with van der Waals surface area (Å²) >= 11 is 1.60. The van der Waals surface area contributed by atoms with Crippen LogP contribution in [0, 0.1) is 0 Å². The van der Waals surface area contributed by atoms with Gasteiger partial charge in [0, 0.05) is 17.0 Å². The number of hydrogen-bond donors (Lipinski definition) is 2. The van der Waals surface area contributed by atoms with Gasteiger partial charge in [-0.25, -0.2) is 4.68 Å². The minimum Gasteiger partial charge on any atom is -0.370 e. The molecule has 0 spiro atoms. The van der Waals surface area contributed by atoms with E-state index in [0.717, 1.165) is 16.0 Å². The van der Waals surface area contributed by atoms with Gasteiger partial charge in [0.2, 0.25) is 0 Å². The molecule has 8 nitrogen and oxygen atoms in total. The summed E-state index contributed by atoms with van der Waals surface area (Å²) in [6.07, 6.45) is -2.54. The maximum Gasteiger partial charge on any atom is 0.405 e. The van der Waals surface area contributed by atoms with Crippen LogP contribution in [-0.4, -0.2) is 45.8 Å². The summed E-state index contributed by atoms with van der Waals surface area (Å²) in [5.41, 5.74) is 2.80. The smallest absolute Gasteiger partial charge is 0.370 e. The fourth-order valence-corrected chi connectivity index (χ4v) is 4.22. The van der Waals surface area contributed by atoms with Crippen LogP contribution in [-0.2, 0) is 24.5 Å². The van der Waals surface area contributed by atoms with Crippen LogP contribution in [0.1, 0.15) is 37.7 Å². The number of thioether (sulfide) groups is 1. The van der Waals surface area contributed by atoms with Crippen molar-refractivity contribution in [3.8, 4) is 5.69 Å². The third kappa shape index (κ3) is 7.93. The molecule has 0 fully saturated rings. The Kier molecular flexibility index (Phi) is 9.56. The molecular weight excluding hydrogens is 543 g/mol. The molecule has 0 saturated carbocycles. The highest BCUT2D eigenvalue weighted by atomic mass is 32.2. The van der Waals surface area contributed by atoms with Crippen LogP contribution in [0.15, 0.2) is 83.8 Å². The number of amides is 2. The average Bonchev–Trinajstić information content (AvgIpc) is 3.39. The molecule has 1 aromatic heterocycles. The zero-order valence-corrected chi connectivity index (χ0v) is 22.3. The van der Waals surface area contributed by atoms with Crippen molar-refractivity contribution in [2.75, 3.05) is 12.8 Å². The maximum atomic E-state index is 13.1. The fraction of sp³-hybridized carbons (Fsp3) is 0.214. The molecule has 0 aliphatic carbocycles. The molecule has 4 rings (SSSR count). The van der Waals surface area contributed by atoms with Gasteiger partial charge < -0.3 is 15.4 Å². The number of halogens is 3. The fourth-order valence-electron chi connectivity index (χ4n) is 3.74. The van der Waals surface area contributed by atoms with Gasteiger partial charge in [0.15, 0.2) is 5.69 Å². The quantitative estimate of drug-likeness (QED) is 0.249. The molecule has 40 heavy (non-hydrogen) atoms. The van der Waals surface area contributed by atoms with Crippen LogP contribution >= 0.6 is 11.8 Å². The van der Waals surface area contributed by atoms with E-state index >= 15 is 0 Å². The van der Waals surface area contributed by atoms with Gasteiger partial charge >= 0.3 is 6.18 Å². The minimum atomic E-state index is -4.51. The first-order chi connectivity index (χ1) is 19.2. The molecule has 0 aliphatic heterocycles. The molecule has 208 valence electrons. The Morgan fingerprint density at radius 1 is 0.900 bits per heavy atom. The predicted molar refractivity (Wildman–Crippen MR) is 144 cm³/mol. The zero-order chi connectivity index (χ0) is 28.5. The first kappa shape index (κ1) is 28.8. The molecular formula is C28H26F3N5O3S. The number of nitrogens with one attached hydrogen (secondary N) is 2. The van der Waals surface area contributed by atoms with Crippen molar-refractivity contribution in [2.24, 2.45) is 0 Å². The second kappa shape index (κ2) is 13.3. The Balaban J connectivity index is 1.53. The molecule has 2 amide bonds. The molecule has 0 aliphatic rings. The van der Waals surface area contributed by atoms with Gasteiger partial charge in [-0.2, -0.15) is 13.2 Å². The topological polar surface area (TPSA) is 98.1 Å². The van der Waals surface area contributed by atoms with E-state index in [2.05, 4.69) is 15.6 Å². The summed E-state index contributed by atoms with van der Waals surface area (Å²) < 4.78 is 44.6. The largest absolute Gasteiger partial charge is 0.405 e. The zero-order valence-electron chi connectivity index (χ0n) is 21.4. The van der Waals surface area contributed by atoms with E-state index in [-0.39, 0.29) is 31.0 Å². The Morgan fingerprint density at radius 3 is 2.33 bits per heavy atom. The molecule has 1 heterocycles. The molecule has 0 radical (unpaired) electrons. The lowest BCUT2D eigenvalue weighted by molar-refractivity contribution is -0.123. The normalized spacial score (nSPS) is 11.3. The van der Waals surface area contributed by atoms with Crippen LogP contribution in [0.2, 0.25) is 0 Å². The van der Waals surface area contributed by atoms with E-state index in [4.69, 9.17) is 4.74 Å². The van der Waals surface area contributed by atoms with Gasteiger partial charge in [-0.05, 0) is 53.8 Å². The van der Waals surface area contributed by atoms with Gasteiger partial charge in [0.25, 0.3) is 11.8 Å². The van der Waals surface area contributed by atoms with Crippen LogP contribution in [0.5, 0.6) is 0 Å². The van der Waals surface area contributed by atoms with Crippen molar-refractivity contribution in [1.82, 2.24) is 25.6 Å². The number of ether oxygens (including phenoxy) is 1. The van der Waals surface area contributed by atoms with Gasteiger partial charge in [-0.3, -0.25) is 9.59 Å². The van der Waals surface area contributed by atoms with Crippen LogP contribution in [0.3, 0.4) is 0 Å². The highest BCUT2D eigenvalue weighted by Gasteiger charge is 2.28. The molecule has 12 heteroatoms. The Morgan fingerprint density at radius 2 is 1.62 bits per heavy atom. The molecule has 3 aromatic carbocycles. The highest BCUT2D eigenvalue weighted by Crippen LogP contribution is 2.19. The van der Waals surface area contributed by atoms with Gasteiger partial charge in [-0.1, -0.05) is 47.7 Å². The summed E-state index contributed by atoms with van der Waals surface area (Å²) in [6, 6.07) is 23.0. The molecule has 0 unspecified atom stereocenters. The summed E-state index contributed by atoms with van der Waals surface area (Å²) in [6.45, 7) is -0.862. The molecule has 0 bridgehead atoms. The number of alkyl halides is 3. The van der Waals surface area contributed by atoms with Gasteiger partial charge in [0.1, 0.15) is 12.2 Å². The highest BCUT2D eigenvalue weighted by molar-refractivity contribution is 7.98. The summed E-state index contributed by atoms with van der Waals surface area (Å²) in [4.78, 5) is 26.3. The number of hydrogen-bond acceptors (Lipinski definition) is 6. The number of carbonyl (C=O) groups is 2. The van der Waals surface area contributed by atoms with E-state index in [0.29, 0.717) is 11.4 Å². The average molecular weight is 570 g/mol. The lowest BCUT2D eigenvalue weighted by atomic mass is 10.2. The molecule has 0 atom stereocenters. The number of benzene rings is 3. The van der Waals surface area contributed by atoms with Crippen molar-refractivity contribution < 1.29 is 27.5 Å². The van der Waals surface area contributed by atoms with Crippen LogP contribution < -0.4 is 10.6 Å². The first-order valence-corrected chi connectivity index (χ1v) is 13.4. The summed E-state index contributed by atoms with van der Waals surface area (Å²) in [7, 11) is 0. The van der Waals surface area contributed by atoms with Crippen molar-refractivity contribution in [3.63, 3.8) is 0 Å². The first-order valence-electron chi connectivity index (χ1n) is 12.2. The number of aromatic nitrogens is 3. The van der Waals surface area contributed by atoms with Crippen molar-refractivity contribution in [2.45, 2.75) is 30.8 Å².